The van der Waals surface area contributed by atoms with Gasteiger partial charge in [-0.15, -0.1) is 0 Å². The highest BCUT2D eigenvalue weighted by molar-refractivity contribution is 7.93. The van der Waals surface area contributed by atoms with E-state index in [1.807, 2.05) is 0 Å². The third-order valence-corrected chi connectivity index (χ3v) is 5.68. The largest absolute Gasteiger partial charge is 0.496 e. The zero-order valence-corrected chi connectivity index (χ0v) is 19.4. The number of carbonyl (C=O) groups is 1. The molecule has 0 fully saturated rings. The summed E-state index contributed by atoms with van der Waals surface area (Å²) >= 11 is 0. The smallest absolute Gasteiger partial charge is 0.331 e. The molecule has 0 saturated heterocycles. The molecular formula is C22H27NO8S. The summed E-state index contributed by atoms with van der Waals surface area (Å²) in [6.45, 7) is 1.66. The van der Waals surface area contributed by atoms with Crippen molar-refractivity contribution >= 4 is 27.6 Å². The maximum Gasteiger partial charge on any atom is 0.331 e. The number of anilines is 1. The van der Waals surface area contributed by atoms with Gasteiger partial charge < -0.3 is 23.8 Å². The van der Waals surface area contributed by atoms with Crippen LogP contribution in [-0.4, -0.2) is 42.8 Å². The Kier molecular flexibility index (Phi) is 8.77. The number of sulfone groups is 1. The summed E-state index contributed by atoms with van der Waals surface area (Å²) in [5.41, 5.74) is 3.78. The lowest BCUT2D eigenvalue weighted by Gasteiger charge is -2.13. The summed E-state index contributed by atoms with van der Waals surface area (Å²) in [6, 6.07) is 8.02. The maximum atomic E-state index is 12.7. The Morgan fingerprint density at radius 1 is 0.938 bits per heavy atom. The lowest BCUT2D eigenvalue weighted by Crippen LogP contribution is -2.10. The van der Waals surface area contributed by atoms with Crippen LogP contribution < -0.4 is 24.4 Å². The molecule has 0 aliphatic rings. The van der Waals surface area contributed by atoms with Crippen LogP contribution >= 0.6 is 0 Å². The monoisotopic (exact) mass is 465 g/mol. The van der Waals surface area contributed by atoms with Crippen LogP contribution in [0.2, 0.25) is 0 Å². The predicted molar refractivity (Wildman–Crippen MR) is 121 cm³/mol. The molecule has 0 bridgehead atoms. The van der Waals surface area contributed by atoms with E-state index in [1.54, 1.807) is 37.3 Å². The molecule has 0 radical (unpaired) electrons. The van der Waals surface area contributed by atoms with Gasteiger partial charge in [0.05, 0.1) is 39.8 Å². The van der Waals surface area contributed by atoms with Crippen molar-refractivity contribution in [1.82, 2.24) is 0 Å². The summed E-state index contributed by atoms with van der Waals surface area (Å²) in [4.78, 5) is 16.3. The first-order valence-corrected chi connectivity index (χ1v) is 11.3. The van der Waals surface area contributed by atoms with Crippen LogP contribution in [0.4, 0.5) is 5.69 Å². The van der Waals surface area contributed by atoms with E-state index >= 15 is 0 Å². The van der Waals surface area contributed by atoms with Gasteiger partial charge in [-0.05, 0) is 23.8 Å². The highest BCUT2D eigenvalue weighted by Crippen LogP contribution is 2.35. The molecule has 0 saturated carbocycles. The van der Waals surface area contributed by atoms with Gasteiger partial charge in [0.1, 0.15) is 28.7 Å². The molecule has 0 heterocycles. The molecule has 0 atom stereocenters. The Balaban J connectivity index is 2.29. The molecule has 0 unspecified atom stereocenters. The van der Waals surface area contributed by atoms with Crippen molar-refractivity contribution in [3.63, 3.8) is 0 Å². The average Bonchev–Trinajstić information content (AvgIpc) is 2.80. The van der Waals surface area contributed by atoms with Crippen molar-refractivity contribution in [2.45, 2.75) is 19.1 Å². The first kappa shape index (κ1) is 24.9. The molecule has 174 valence electrons. The maximum absolute atomic E-state index is 12.7. The quantitative estimate of drug-likeness (QED) is 0.498. The Labute approximate surface area is 187 Å². The number of carbonyl (C=O) groups excluding carboxylic acids is 1. The van der Waals surface area contributed by atoms with E-state index in [-0.39, 0.29) is 12.2 Å². The third-order valence-electron chi connectivity index (χ3n) is 4.39. The Hall–Kier alpha value is -3.40. The average molecular weight is 466 g/mol. The fourth-order valence-corrected chi connectivity index (χ4v) is 3.84. The molecule has 0 aromatic heterocycles. The molecular weight excluding hydrogens is 438 g/mol. The molecule has 0 amide bonds. The van der Waals surface area contributed by atoms with Gasteiger partial charge in [-0.3, -0.25) is 0 Å². The zero-order valence-electron chi connectivity index (χ0n) is 18.6. The third kappa shape index (κ3) is 6.55. The van der Waals surface area contributed by atoms with Crippen LogP contribution in [0, 0.1) is 0 Å². The van der Waals surface area contributed by atoms with Crippen LogP contribution in [0.3, 0.4) is 0 Å². The SMILES string of the molecule is CCC(=O)ONc1cc(CS(=O)(=O)C=Cc2c(OC)cc(OC)cc2OC)ccc1OC. The van der Waals surface area contributed by atoms with Crippen molar-refractivity contribution in [2.75, 3.05) is 33.9 Å². The van der Waals surface area contributed by atoms with E-state index < -0.39 is 15.8 Å². The zero-order chi connectivity index (χ0) is 23.7. The van der Waals surface area contributed by atoms with Crippen molar-refractivity contribution in [2.24, 2.45) is 0 Å². The van der Waals surface area contributed by atoms with E-state index in [2.05, 4.69) is 5.48 Å². The van der Waals surface area contributed by atoms with E-state index in [0.717, 1.165) is 5.41 Å². The lowest BCUT2D eigenvalue weighted by atomic mass is 10.1. The number of ether oxygens (including phenoxy) is 4. The molecule has 2 aromatic carbocycles. The second-order valence-electron chi connectivity index (χ2n) is 6.52. The van der Waals surface area contributed by atoms with Crippen LogP contribution in [0.5, 0.6) is 23.0 Å². The number of methoxy groups -OCH3 is 4. The molecule has 0 aliphatic carbocycles. The van der Waals surface area contributed by atoms with Crippen molar-refractivity contribution in [3.8, 4) is 23.0 Å². The minimum Gasteiger partial charge on any atom is -0.496 e. The highest BCUT2D eigenvalue weighted by atomic mass is 32.2. The normalized spacial score (nSPS) is 11.2. The Morgan fingerprint density at radius 3 is 2.09 bits per heavy atom. The molecule has 2 rings (SSSR count). The van der Waals surface area contributed by atoms with Crippen LogP contribution in [-0.2, 0) is 25.2 Å². The summed E-state index contributed by atoms with van der Waals surface area (Å²) in [7, 11) is 2.23. The van der Waals surface area contributed by atoms with E-state index in [9.17, 15) is 13.2 Å². The minimum atomic E-state index is -3.67. The van der Waals surface area contributed by atoms with Gasteiger partial charge >= 0.3 is 5.97 Å². The molecule has 32 heavy (non-hydrogen) atoms. The van der Waals surface area contributed by atoms with Gasteiger partial charge in [0, 0.05) is 24.0 Å². The standard InChI is InChI=1S/C22H27NO8S/c1-6-22(24)31-23-18-11-15(7-8-19(18)28-3)14-32(25,26)10-9-17-20(29-4)12-16(27-2)13-21(17)30-5/h7-13,23H,6,14H2,1-5H3. The molecule has 0 aliphatic heterocycles. The van der Waals surface area contributed by atoms with Gasteiger partial charge in [0.15, 0.2) is 9.84 Å². The van der Waals surface area contributed by atoms with Gasteiger partial charge in [-0.1, -0.05) is 13.0 Å². The van der Waals surface area contributed by atoms with Crippen LogP contribution in [0.15, 0.2) is 35.7 Å². The number of benzene rings is 2. The van der Waals surface area contributed by atoms with Crippen molar-refractivity contribution in [1.29, 1.82) is 0 Å². The molecule has 10 heteroatoms. The van der Waals surface area contributed by atoms with Gasteiger partial charge in [-0.25, -0.2) is 18.7 Å². The minimum absolute atomic E-state index is 0.187. The first-order chi connectivity index (χ1) is 15.3. The summed E-state index contributed by atoms with van der Waals surface area (Å²) in [6.07, 6.45) is 1.60. The molecule has 1 N–H and O–H groups in total. The number of hydrogen-bond donors (Lipinski definition) is 1. The van der Waals surface area contributed by atoms with Gasteiger partial charge in [-0.2, -0.15) is 0 Å². The predicted octanol–water partition coefficient (Wildman–Crippen LogP) is 3.59. The van der Waals surface area contributed by atoms with Gasteiger partial charge in [0.2, 0.25) is 0 Å². The van der Waals surface area contributed by atoms with Crippen molar-refractivity contribution in [3.05, 3.63) is 46.9 Å². The van der Waals surface area contributed by atoms with E-state index in [4.69, 9.17) is 23.8 Å². The van der Waals surface area contributed by atoms with E-state index in [1.165, 1.54) is 34.5 Å². The fraction of sp³-hybridized carbons (Fsp3) is 0.318. The summed E-state index contributed by atoms with van der Waals surface area (Å²) < 4.78 is 46.6. The second-order valence-corrected chi connectivity index (χ2v) is 8.41. The fourth-order valence-electron chi connectivity index (χ4n) is 2.76. The number of hydrogen-bond acceptors (Lipinski definition) is 9. The lowest BCUT2D eigenvalue weighted by molar-refractivity contribution is -0.140. The number of rotatable bonds is 11. The van der Waals surface area contributed by atoms with Crippen molar-refractivity contribution < 1.29 is 37.0 Å². The van der Waals surface area contributed by atoms with Crippen LogP contribution in [0.1, 0.15) is 24.5 Å². The van der Waals surface area contributed by atoms with Gasteiger partial charge in [0.25, 0.3) is 0 Å². The Morgan fingerprint density at radius 2 is 1.56 bits per heavy atom. The Bertz CT molecular complexity index is 1050. The second kappa shape index (κ2) is 11.3. The molecule has 2 aromatic rings. The molecule has 9 nitrogen and oxygen atoms in total. The highest BCUT2D eigenvalue weighted by Gasteiger charge is 2.15. The van der Waals surface area contributed by atoms with Crippen LogP contribution in [0.25, 0.3) is 6.08 Å². The summed E-state index contributed by atoms with van der Waals surface area (Å²) in [5, 5.41) is 1.09. The molecule has 0 spiro atoms. The summed E-state index contributed by atoms with van der Waals surface area (Å²) in [5.74, 6) is 0.974. The van der Waals surface area contributed by atoms with E-state index in [0.29, 0.717) is 39.8 Å². The number of nitrogens with one attached hydrogen (secondary N) is 1. The first-order valence-electron chi connectivity index (χ1n) is 9.60. The topological polar surface area (TPSA) is 109 Å².